The molecule has 1 heterocycles. The monoisotopic (exact) mass is 298 g/mol. The average molecular weight is 299 g/mol. The molecule has 0 fully saturated rings. The Morgan fingerprint density at radius 2 is 1.72 bits per heavy atom. The molecular weight excluding hydrogens is 291 g/mol. The molecule has 0 saturated carbocycles. The summed E-state index contributed by atoms with van der Waals surface area (Å²) in [5, 5.41) is 2.57. The first-order valence-corrected chi connectivity index (χ1v) is 6.76. The second kappa shape index (κ2) is 5.65. The summed E-state index contributed by atoms with van der Waals surface area (Å²) in [7, 11) is 0. The highest BCUT2D eigenvalue weighted by atomic mass is 35.5. The van der Waals surface area contributed by atoms with Gasteiger partial charge in [-0.05, 0) is 29.6 Å². The first kappa shape index (κ1) is 13.3. The predicted molar refractivity (Wildman–Crippen MR) is 74.1 cm³/mol. The quantitative estimate of drug-likeness (QED) is 0.615. The fraction of sp³-hybridized carbons (Fsp3) is 0.0769. The molecule has 0 unspecified atom stereocenters. The predicted octanol–water partition coefficient (Wildman–Crippen LogP) is 4.51. The zero-order valence-electron chi connectivity index (χ0n) is 9.15. The van der Waals surface area contributed by atoms with Crippen molar-refractivity contribution in [2.75, 3.05) is 0 Å². The maximum Gasteiger partial charge on any atom is 0.180 e. The van der Waals surface area contributed by atoms with Gasteiger partial charge in [-0.2, -0.15) is 0 Å². The van der Waals surface area contributed by atoms with Crippen LogP contribution in [0.3, 0.4) is 0 Å². The highest BCUT2D eigenvalue weighted by Gasteiger charge is 2.15. The Labute approximate surface area is 118 Å². The minimum absolute atomic E-state index is 0.169. The van der Waals surface area contributed by atoms with E-state index in [9.17, 15) is 9.59 Å². The van der Waals surface area contributed by atoms with E-state index in [2.05, 4.69) is 0 Å². The second-order valence-electron chi connectivity index (χ2n) is 3.66. The normalized spacial score (nSPS) is 10.3. The molecule has 0 bridgehead atoms. The van der Waals surface area contributed by atoms with Gasteiger partial charge in [0.05, 0.1) is 11.3 Å². The third kappa shape index (κ3) is 3.19. The van der Waals surface area contributed by atoms with Crippen molar-refractivity contribution in [3.63, 3.8) is 0 Å². The molecule has 0 aliphatic heterocycles. The Hall–Kier alpha value is -1.16. The summed E-state index contributed by atoms with van der Waals surface area (Å²) in [6, 6.07) is 8.04. The lowest BCUT2D eigenvalue weighted by Crippen LogP contribution is -2.07. The largest absolute Gasteiger partial charge is 0.294 e. The lowest BCUT2D eigenvalue weighted by molar-refractivity contribution is 0.0896. The van der Waals surface area contributed by atoms with Gasteiger partial charge in [0.25, 0.3) is 0 Å². The molecule has 5 heteroatoms. The van der Waals surface area contributed by atoms with Gasteiger partial charge in [0.1, 0.15) is 0 Å². The summed E-state index contributed by atoms with van der Waals surface area (Å²) in [5.74, 6) is -0.469. The Kier molecular flexibility index (Phi) is 4.17. The number of Topliss-reactive ketones (excluding diaryl/α,β-unsaturated/α-hetero) is 2. The van der Waals surface area contributed by atoms with Crippen molar-refractivity contribution in [2.45, 2.75) is 6.42 Å². The van der Waals surface area contributed by atoms with Gasteiger partial charge in [0.15, 0.2) is 11.6 Å². The Balaban J connectivity index is 2.15. The fourth-order valence-corrected chi connectivity index (χ4v) is 2.68. The van der Waals surface area contributed by atoms with Crippen LogP contribution in [0.25, 0.3) is 0 Å². The molecule has 2 aromatic rings. The van der Waals surface area contributed by atoms with Crippen molar-refractivity contribution >= 4 is 46.1 Å². The molecule has 1 aromatic carbocycles. The molecule has 0 radical (unpaired) electrons. The summed E-state index contributed by atoms with van der Waals surface area (Å²) in [6.45, 7) is 0. The Morgan fingerprint density at radius 3 is 2.28 bits per heavy atom. The summed E-state index contributed by atoms with van der Waals surface area (Å²) in [4.78, 5) is 24.3. The molecule has 1 aromatic heterocycles. The number of hydrogen-bond acceptors (Lipinski definition) is 3. The maximum atomic E-state index is 11.9. The van der Waals surface area contributed by atoms with Gasteiger partial charge in [0, 0.05) is 15.6 Å². The Morgan fingerprint density at radius 1 is 1.06 bits per heavy atom. The van der Waals surface area contributed by atoms with Crippen LogP contribution in [0, 0.1) is 0 Å². The average Bonchev–Trinajstić information content (AvgIpc) is 2.80. The number of carbonyl (C=O) groups is 2. The van der Waals surface area contributed by atoms with Crippen LogP contribution in [0.1, 0.15) is 26.5 Å². The lowest BCUT2D eigenvalue weighted by atomic mass is 10.1. The van der Waals surface area contributed by atoms with Gasteiger partial charge in [-0.25, -0.2) is 0 Å². The van der Waals surface area contributed by atoms with E-state index in [-0.39, 0.29) is 18.0 Å². The number of hydrogen-bond donors (Lipinski definition) is 0. The van der Waals surface area contributed by atoms with Crippen LogP contribution in [0.5, 0.6) is 0 Å². The topological polar surface area (TPSA) is 34.1 Å². The summed E-state index contributed by atoms with van der Waals surface area (Å²) in [5.41, 5.74) is 0.359. The van der Waals surface area contributed by atoms with Crippen LogP contribution in [0.2, 0.25) is 10.0 Å². The number of benzene rings is 1. The molecule has 0 amide bonds. The first-order chi connectivity index (χ1) is 8.56. The van der Waals surface area contributed by atoms with Crippen LogP contribution in [-0.4, -0.2) is 11.6 Å². The molecule has 0 N–H and O–H groups in total. The van der Waals surface area contributed by atoms with Gasteiger partial charge in [0.2, 0.25) is 0 Å². The van der Waals surface area contributed by atoms with Gasteiger partial charge in [-0.15, -0.1) is 11.3 Å². The standard InChI is InChI=1S/C13H8Cl2O2S/c14-9-4-8(5-10(15)6-9)11(16)7-12(17)13-2-1-3-18-13/h1-6H,7H2. The van der Waals surface area contributed by atoms with Gasteiger partial charge < -0.3 is 0 Å². The molecule has 0 aliphatic rings. The number of carbonyl (C=O) groups excluding carboxylic acids is 2. The lowest BCUT2D eigenvalue weighted by Gasteiger charge is -2.01. The summed E-state index contributed by atoms with van der Waals surface area (Å²) < 4.78 is 0. The third-order valence-electron chi connectivity index (χ3n) is 2.30. The highest BCUT2D eigenvalue weighted by molar-refractivity contribution is 7.12. The Bertz CT molecular complexity index is 571. The molecular formula is C13H8Cl2O2S. The van der Waals surface area contributed by atoms with E-state index >= 15 is 0 Å². The van der Waals surface area contributed by atoms with Crippen LogP contribution in [0.15, 0.2) is 35.7 Å². The van der Waals surface area contributed by atoms with Crippen molar-refractivity contribution in [1.82, 2.24) is 0 Å². The van der Waals surface area contributed by atoms with Crippen molar-refractivity contribution in [3.05, 3.63) is 56.2 Å². The molecule has 0 atom stereocenters. The number of rotatable bonds is 4. The maximum absolute atomic E-state index is 11.9. The molecule has 92 valence electrons. The van der Waals surface area contributed by atoms with E-state index in [0.29, 0.717) is 20.5 Å². The van der Waals surface area contributed by atoms with Crippen LogP contribution >= 0.6 is 34.5 Å². The zero-order chi connectivity index (χ0) is 13.1. The number of thiophene rings is 1. The van der Waals surface area contributed by atoms with Crippen molar-refractivity contribution < 1.29 is 9.59 Å². The van der Waals surface area contributed by atoms with E-state index in [0.717, 1.165) is 0 Å². The molecule has 2 rings (SSSR count). The molecule has 0 spiro atoms. The van der Waals surface area contributed by atoms with Gasteiger partial charge in [-0.3, -0.25) is 9.59 Å². The van der Waals surface area contributed by atoms with E-state index in [1.807, 2.05) is 0 Å². The van der Waals surface area contributed by atoms with Crippen LogP contribution < -0.4 is 0 Å². The minimum atomic E-state index is -0.280. The van der Waals surface area contributed by atoms with Crippen LogP contribution in [0.4, 0.5) is 0 Å². The van der Waals surface area contributed by atoms with E-state index in [1.54, 1.807) is 23.6 Å². The van der Waals surface area contributed by atoms with Gasteiger partial charge in [-0.1, -0.05) is 29.3 Å². The smallest absolute Gasteiger partial charge is 0.180 e. The fourth-order valence-electron chi connectivity index (χ4n) is 1.49. The van der Waals surface area contributed by atoms with Crippen molar-refractivity contribution in [3.8, 4) is 0 Å². The van der Waals surface area contributed by atoms with E-state index < -0.39 is 0 Å². The van der Waals surface area contributed by atoms with E-state index in [4.69, 9.17) is 23.2 Å². The SMILES string of the molecule is O=C(CC(=O)c1cccs1)c1cc(Cl)cc(Cl)c1. The van der Waals surface area contributed by atoms with Crippen molar-refractivity contribution in [2.24, 2.45) is 0 Å². The highest BCUT2D eigenvalue weighted by Crippen LogP contribution is 2.21. The molecule has 0 aliphatic carbocycles. The van der Waals surface area contributed by atoms with E-state index in [1.165, 1.54) is 23.5 Å². The minimum Gasteiger partial charge on any atom is -0.294 e. The van der Waals surface area contributed by atoms with Gasteiger partial charge >= 0.3 is 0 Å². The summed E-state index contributed by atoms with van der Waals surface area (Å²) in [6.07, 6.45) is -0.169. The van der Waals surface area contributed by atoms with Crippen molar-refractivity contribution in [1.29, 1.82) is 0 Å². The third-order valence-corrected chi connectivity index (χ3v) is 3.65. The zero-order valence-corrected chi connectivity index (χ0v) is 11.5. The molecule has 2 nitrogen and oxygen atoms in total. The molecule has 18 heavy (non-hydrogen) atoms. The number of halogens is 2. The second-order valence-corrected chi connectivity index (χ2v) is 5.48. The first-order valence-electron chi connectivity index (χ1n) is 5.12. The molecule has 0 saturated heterocycles. The summed E-state index contributed by atoms with van der Waals surface area (Å²) >= 11 is 12.9. The van der Waals surface area contributed by atoms with Crippen LogP contribution in [-0.2, 0) is 0 Å². The number of ketones is 2.